The van der Waals surface area contributed by atoms with Gasteiger partial charge in [0.2, 0.25) is 0 Å². The normalized spacial score (nSPS) is 14.9. The Bertz CT molecular complexity index is 1460. The van der Waals surface area contributed by atoms with E-state index in [0.717, 1.165) is 54.9 Å². The van der Waals surface area contributed by atoms with Gasteiger partial charge < -0.3 is 4.74 Å². The second-order valence-electron chi connectivity index (χ2n) is 8.44. The van der Waals surface area contributed by atoms with Crippen LogP contribution < -0.4 is 15.6 Å². The molecule has 0 radical (unpaired) electrons. The third kappa shape index (κ3) is 3.70. The maximum absolute atomic E-state index is 12.9. The molecule has 0 unspecified atom stereocenters. The van der Waals surface area contributed by atoms with Crippen molar-refractivity contribution in [3.63, 3.8) is 0 Å². The van der Waals surface area contributed by atoms with Gasteiger partial charge in [-0.15, -0.1) is 11.3 Å². The van der Waals surface area contributed by atoms with E-state index in [-0.39, 0.29) is 11.5 Å². The number of carbonyl (C=O) groups is 1. The summed E-state index contributed by atoms with van der Waals surface area (Å²) in [6.07, 6.45) is 4.82. The number of nitrogens with zero attached hydrogens (tertiary/aromatic N) is 3. The number of fused-ring (bicyclic) bond motifs is 3. The molecule has 0 saturated heterocycles. The second-order valence-corrected chi connectivity index (χ2v) is 9.30. The highest BCUT2D eigenvalue weighted by Gasteiger charge is 2.17. The van der Waals surface area contributed by atoms with E-state index in [2.05, 4.69) is 16.4 Å². The highest BCUT2D eigenvalue weighted by atomic mass is 32.1. The highest BCUT2D eigenvalue weighted by molar-refractivity contribution is 7.14. The first kappa shape index (κ1) is 20.1. The van der Waals surface area contributed by atoms with Gasteiger partial charge in [0.1, 0.15) is 11.6 Å². The molecule has 2 aliphatic heterocycles. The van der Waals surface area contributed by atoms with Crippen LogP contribution in [0.5, 0.6) is 5.75 Å². The Hall–Kier alpha value is -3.52. The van der Waals surface area contributed by atoms with Crippen LogP contribution in [0.4, 0.5) is 5.13 Å². The number of nitrogens with one attached hydrogen (secondary N) is 1. The maximum Gasteiger partial charge on any atom is 0.261 e. The van der Waals surface area contributed by atoms with Crippen molar-refractivity contribution in [3.8, 4) is 17.0 Å². The summed E-state index contributed by atoms with van der Waals surface area (Å²) in [5, 5.41) is 5.90. The molecule has 1 N–H and O–H groups in total. The first-order valence-electron chi connectivity index (χ1n) is 11.2. The van der Waals surface area contributed by atoms with Gasteiger partial charge in [0.15, 0.2) is 5.13 Å². The molecule has 2 aromatic carbocycles. The van der Waals surface area contributed by atoms with Crippen LogP contribution in [0, 0.1) is 0 Å². The monoisotopic (exact) mass is 458 g/mol. The SMILES string of the molecule is O=C(Nc1nc(-c2ccc3c(c2)CCO3)cs1)c1ccc2c(=O)n3c(nc2c1)CCCCC3. The fourth-order valence-corrected chi connectivity index (χ4v) is 5.25. The lowest BCUT2D eigenvalue weighted by molar-refractivity contribution is 0.102. The molecule has 0 atom stereocenters. The summed E-state index contributed by atoms with van der Waals surface area (Å²) >= 11 is 1.38. The largest absolute Gasteiger partial charge is 0.493 e. The topological polar surface area (TPSA) is 86.1 Å². The minimum Gasteiger partial charge on any atom is -0.493 e. The van der Waals surface area contributed by atoms with Gasteiger partial charge in [0, 0.05) is 35.9 Å². The number of anilines is 1. The first-order valence-corrected chi connectivity index (χ1v) is 12.1. The van der Waals surface area contributed by atoms with E-state index in [1.807, 2.05) is 17.5 Å². The summed E-state index contributed by atoms with van der Waals surface area (Å²) < 4.78 is 7.36. The molecule has 8 heteroatoms. The maximum atomic E-state index is 12.9. The van der Waals surface area contributed by atoms with Gasteiger partial charge in [-0.3, -0.25) is 19.5 Å². The Balaban J connectivity index is 1.26. The van der Waals surface area contributed by atoms with Gasteiger partial charge >= 0.3 is 0 Å². The van der Waals surface area contributed by atoms with E-state index < -0.39 is 0 Å². The number of hydrogen-bond acceptors (Lipinski definition) is 6. The summed E-state index contributed by atoms with van der Waals surface area (Å²) in [6, 6.07) is 11.1. The molecule has 1 amide bonds. The highest BCUT2D eigenvalue weighted by Crippen LogP contribution is 2.32. The Kier molecular flexibility index (Phi) is 4.95. The molecule has 0 saturated carbocycles. The van der Waals surface area contributed by atoms with Crippen molar-refractivity contribution in [2.45, 2.75) is 38.6 Å². The summed E-state index contributed by atoms with van der Waals surface area (Å²) in [6.45, 7) is 1.43. The van der Waals surface area contributed by atoms with Gasteiger partial charge in [0.05, 0.1) is 23.2 Å². The molecule has 0 aliphatic carbocycles. The van der Waals surface area contributed by atoms with Crippen LogP contribution in [0.25, 0.3) is 22.2 Å². The third-order valence-electron chi connectivity index (χ3n) is 6.29. The van der Waals surface area contributed by atoms with Gasteiger partial charge in [-0.2, -0.15) is 0 Å². The fraction of sp³-hybridized carbons (Fsp3) is 0.280. The van der Waals surface area contributed by atoms with Crippen molar-refractivity contribution in [1.29, 1.82) is 0 Å². The van der Waals surface area contributed by atoms with Gasteiger partial charge in [0.25, 0.3) is 11.5 Å². The third-order valence-corrected chi connectivity index (χ3v) is 7.05. The predicted octanol–water partition coefficient (Wildman–Crippen LogP) is 4.43. The lowest BCUT2D eigenvalue weighted by atomic mass is 10.1. The van der Waals surface area contributed by atoms with E-state index in [0.29, 0.717) is 34.7 Å². The lowest BCUT2D eigenvalue weighted by Gasteiger charge is -2.10. The van der Waals surface area contributed by atoms with Crippen molar-refractivity contribution in [1.82, 2.24) is 14.5 Å². The van der Waals surface area contributed by atoms with E-state index in [4.69, 9.17) is 9.72 Å². The lowest BCUT2D eigenvalue weighted by Crippen LogP contribution is -2.24. The second kappa shape index (κ2) is 8.12. The first-order chi connectivity index (χ1) is 16.2. The molecule has 166 valence electrons. The standard InChI is InChI=1S/C25H22N4O3S/c30-23(28-25-27-20(14-33-25)15-6-8-21-16(12-15)9-11-32-21)17-5-7-18-19(13-17)26-22-4-2-1-3-10-29(22)24(18)31/h5-8,12-14H,1-4,9-11H2,(H,27,28,30). The number of aryl methyl sites for hydroxylation is 1. The predicted molar refractivity (Wildman–Crippen MR) is 128 cm³/mol. The average Bonchev–Trinajstić information content (AvgIpc) is 3.42. The van der Waals surface area contributed by atoms with Crippen LogP contribution in [0.1, 0.15) is 41.0 Å². The number of thiazole rings is 1. The Morgan fingerprint density at radius 2 is 2.00 bits per heavy atom. The van der Waals surface area contributed by atoms with Gasteiger partial charge in [-0.05, 0) is 54.8 Å². The van der Waals surface area contributed by atoms with E-state index >= 15 is 0 Å². The number of carbonyl (C=O) groups excluding carboxylic acids is 1. The van der Waals surface area contributed by atoms with Crippen molar-refractivity contribution in [3.05, 3.63) is 69.1 Å². The minimum atomic E-state index is -0.267. The summed E-state index contributed by atoms with van der Waals surface area (Å²) in [7, 11) is 0. The van der Waals surface area contributed by atoms with Crippen LogP contribution in [0.2, 0.25) is 0 Å². The number of hydrogen-bond donors (Lipinski definition) is 1. The van der Waals surface area contributed by atoms with Gasteiger partial charge in [-0.1, -0.05) is 6.42 Å². The number of rotatable bonds is 3. The molecule has 7 nitrogen and oxygen atoms in total. The summed E-state index contributed by atoms with van der Waals surface area (Å²) in [5.41, 5.74) is 4.02. The number of amides is 1. The molecule has 2 aliphatic rings. The van der Waals surface area contributed by atoms with Crippen LogP contribution >= 0.6 is 11.3 Å². The smallest absolute Gasteiger partial charge is 0.261 e. The minimum absolute atomic E-state index is 0.0202. The molecule has 33 heavy (non-hydrogen) atoms. The van der Waals surface area contributed by atoms with Crippen LogP contribution in [-0.2, 0) is 19.4 Å². The van der Waals surface area contributed by atoms with Crippen LogP contribution in [0.15, 0.2) is 46.6 Å². The van der Waals surface area contributed by atoms with Crippen molar-refractivity contribution in [2.24, 2.45) is 0 Å². The molecule has 4 heterocycles. The molecule has 6 rings (SSSR count). The number of aromatic nitrogens is 3. The molecule has 0 spiro atoms. The molecule has 0 bridgehead atoms. The Morgan fingerprint density at radius 3 is 2.94 bits per heavy atom. The molecular formula is C25H22N4O3S. The van der Waals surface area contributed by atoms with Crippen molar-refractivity contribution in [2.75, 3.05) is 11.9 Å². The van der Waals surface area contributed by atoms with Crippen molar-refractivity contribution < 1.29 is 9.53 Å². The zero-order valence-electron chi connectivity index (χ0n) is 18.0. The van der Waals surface area contributed by atoms with Crippen LogP contribution in [0.3, 0.4) is 0 Å². The van der Waals surface area contributed by atoms with E-state index in [1.165, 1.54) is 16.9 Å². The van der Waals surface area contributed by atoms with E-state index in [1.54, 1.807) is 22.8 Å². The summed E-state index contributed by atoms with van der Waals surface area (Å²) in [5.74, 6) is 1.48. The zero-order chi connectivity index (χ0) is 22.4. The molecule has 4 aromatic rings. The zero-order valence-corrected chi connectivity index (χ0v) is 18.8. The molecular weight excluding hydrogens is 436 g/mol. The number of ether oxygens (including phenoxy) is 1. The Morgan fingerprint density at radius 1 is 1.06 bits per heavy atom. The molecule has 0 fully saturated rings. The average molecular weight is 459 g/mol. The van der Waals surface area contributed by atoms with Gasteiger partial charge in [-0.25, -0.2) is 9.97 Å². The fourth-order valence-electron chi connectivity index (χ4n) is 4.54. The number of benzene rings is 2. The quantitative estimate of drug-likeness (QED) is 0.491. The van der Waals surface area contributed by atoms with Crippen LogP contribution in [-0.4, -0.2) is 27.0 Å². The Labute approximate surface area is 194 Å². The van der Waals surface area contributed by atoms with E-state index in [9.17, 15) is 9.59 Å². The molecule has 2 aromatic heterocycles. The summed E-state index contributed by atoms with van der Waals surface area (Å²) in [4.78, 5) is 35.1. The van der Waals surface area contributed by atoms with Crippen molar-refractivity contribution >= 4 is 33.3 Å².